The van der Waals surface area contributed by atoms with Crippen molar-refractivity contribution in [1.82, 2.24) is 20.6 Å². The number of imidazole rings is 1. The minimum absolute atomic E-state index is 0.00646. The fourth-order valence-corrected chi connectivity index (χ4v) is 1.64. The van der Waals surface area contributed by atoms with E-state index >= 15 is 0 Å². The van der Waals surface area contributed by atoms with Gasteiger partial charge in [0, 0.05) is 18.3 Å². The first-order chi connectivity index (χ1) is 10.9. The third-order valence-corrected chi connectivity index (χ3v) is 2.94. The van der Waals surface area contributed by atoms with Crippen LogP contribution in [0.5, 0.6) is 0 Å². The van der Waals surface area contributed by atoms with E-state index < -0.39 is 49.1 Å². The second-order valence-corrected chi connectivity index (χ2v) is 4.71. The van der Waals surface area contributed by atoms with Crippen LogP contribution >= 0.6 is 0 Å². The highest BCUT2D eigenvalue weighted by atomic mass is 16.4. The molecule has 0 aliphatic rings. The number of hydrogen-bond acceptors (Lipinski definition) is 7. The van der Waals surface area contributed by atoms with E-state index in [0.717, 1.165) is 0 Å². The van der Waals surface area contributed by atoms with Crippen molar-refractivity contribution in [1.29, 1.82) is 0 Å². The fourth-order valence-electron chi connectivity index (χ4n) is 1.64. The number of carbonyl (C=O) groups excluding carboxylic acids is 2. The van der Waals surface area contributed by atoms with Gasteiger partial charge in [0.25, 0.3) is 0 Å². The number of carboxylic acids is 1. The monoisotopic (exact) mass is 329 g/mol. The van der Waals surface area contributed by atoms with Crippen molar-refractivity contribution >= 4 is 17.8 Å². The summed E-state index contributed by atoms with van der Waals surface area (Å²) >= 11 is 0. The van der Waals surface area contributed by atoms with Gasteiger partial charge in [0.1, 0.15) is 18.1 Å². The maximum absolute atomic E-state index is 12.2. The summed E-state index contributed by atoms with van der Waals surface area (Å²) in [5, 5.41) is 31.0. The van der Waals surface area contributed by atoms with Crippen molar-refractivity contribution in [3.8, 4) is 0 Å². The number of nitrogens with zero attached hydrogens (tertiary/aromatic N) is 1. The van der Waals surface area contributed by atoms with Crippen LogP contribution < -0.4 is 16.4 Å². The molecule has 11 nitrogen and oxygen atoms in total. The fraction of sp³-hybridized carbons (Fsp3) is 0.500. The molecule has 8 N–H and O–H groups in total. The Bertz CT molecular complexity index is 534. The topological polar surface area (TPSA) is 191 Å². The average molecular weight is 329 g/mol. The Hall–Kier alpha value is -2.50. The zero-order valence-corrected chi connectivity index (χ0v) is 12.1. The lowest BCUT2D eigenvalue weighted by Crippen LogP contribution is -2.56. The SMILES string of the molecule is N[C@@H](CO)C(=O)N[C@@H](Cc1cnc[nH]1)C(=O)N[C@@H](CO)C(=O)O. The normalized spacial score (nSPS) is 14.6. The predicted octanol–water partition coefficient (Wildman–Crippen LogP) is -3.68. The molecule has 0 saturated heterocycles. The maximum Gasteiger partial charge on any atom is 0.328 e. The maximum atomic E-state index is 12.2. The molecule has 23 heavy (non-hydrogen) atoms. The number of rotatable bonds is 9. The lowest BCUT2D eigenvalue weighted by atomic mass is 10.1. The molecule has 0 radical (unpaired) electrons. The Morgan fingerprint density at radius 2 is 1.83 bits per heavy atom. The predicted molar refractivity (Wildman–Crippen MR) is 75.9 cm³/mol. The van der Waals surface area contributed by atoms with Gasteiger partial charge in [0.2, 0.25) is 11.8 Å². The van der Waals surface area contributed by atoms with E-state index in [-0.39, 0.29) is 6.42 Å². The summed E-state index contributed by atoms with van der Waals surface area (Å²) in [6.45, 7) is -1.42. The molecule has 0 bridgehead atoms. The number of nitrogens with one attached hydrogen (secondary N) is 3. The standard InChI is InChI=1S/C12H19N5O6/c13-7(3-18)10(20)16-8(1-6-2-14-5-15-6)11(21)17-9(4-19)12(22)23/h2,5,7-9,18-19H,1,3-4,13H2,(H,14,15)(H,16,20)(H,17,21)(H,22,23)/t7-,8-,9-/m0/s1. The molecule has 11 heteroatoms. The molecule has 0 unspecified atom stereocenters. The summed E-state index contributed by atoms with van der Waals surface area (Å²) < 4.78 is 0. The number of aliphatic hydroxyl groups is 2. The van der Waals surface area contributed by atoms with Crippen LogP contribution in [-0.2, 0) is 20.8 Å². The number of aliphatic hydroxyl groups excluding tert-OH is 2. The van der Waals surface area contributed by atoms with Crippen molar-refractivity contribution in [3.63, 3.8) is 0 Å². The molecule has 128 valence electrons. The number of amides is 2. The molecule has 0 spiro atoms. The molecule has 2 amide bonds. The highest BCUT2D eigenvalue weighted by Crippen LogP contribution is 2.00. The van der Waals surface area contributed by atoms with Crippen LogP contribution in [0, 0.1) is 0 Å². The van der Waals surface area contributed by atoms with Crippen LogP contribution in [-0.4, -0.2) is 74.4 Å². The van der Waals surface area contributed by atoms with E-state index in [4.69, 9.17) is 21.1 Å². The van der Waals surface area contributed by atoms with Crippen LogP contribution in [0.4, 0.5) is 0 Å². The molecule has 1 heterocycles. The van der Waals surface area contributed by atoms with Crippen molar-refractivity contribution in [2.45, 2.75) is 24.5 Å². The third kappa shape index (κ3) is 5.65. The first kappa shape index (κ1) is 18.5. The minimum atomic E-state index is -1.50. The molecule has 1 rings (SSSR count). The summed E-state index contributed by atoms with van der Waals surface area (Å²) in [5.74, 6) is -3.01. The molecule has 1 aromatic rings. The van der Waals surface area contributed by atoms with E-state index in [1.165, 1.54) is 12.5 Å². The Labute approximate surface area is 130 Å². The lowest BCUT2D eigenvalue weighted by Gasteiger charge is -2.21. The molecule has 0 saturated carbocycles. The van der Waals surface area contributed by atoms with Gasteiger partial charge in [-0.15, -0.1) is 0 Å². The van der Waals surface area contributed by atoms with E-state index in [1.807, 2.05) is 0 Å². The Morgan fingerprint density at radius 3 is 2.30 bits per heavy atom. The summed E-state index contributed by atoms with van der Waals surface area (Å²) in [6, 6.07) is -3.88. The van der Waals surface area contributed by atoms with Crippen molar-refractivity contribution in [3.05, 3.63) is 18.2 Å². The molecular formula is C12H19N5O6. The number of aliphatic carboxylic acids is 1. The van der Waals surface area contributed by atoms with Gasteiger partial charge in [-0.05, 0) is 0 Å². The van der Waals surface area contributed by atoms with Crippen LogP contribution in [0.1, 0.15) is 5.69 Å². The molecule has 3 atom stereocenters. The molecule has 0 aliphatic heterocycles. The zero-order valence-electron chi connectivity index (χ0n) is 12.1. The van der Waals surface area contributed by atoms with Gasteiger partial charge in [-0.25, -0.2) is 9.78 Å². The third-order valence-electron chi connectivity index (χ3n) is 2.94. The average Bonchev–Trinajstić information content (AvgIpc) is 3.03. The summed E-state index contributed by atoms with van der Waals surface area (Å²) in [6.07, 6.45) is 2.80. The van der Waals surface area contributed by atoms with Crippen LogP contribution in [0.3, 0.4) is 0 Å². The zero-order chi connectivity index (χ0) is 17.4. The van der Waals surface area contributed by atoms with Gasteiger partial charge in [-0.1, -0.05) is 0 Å². The number of nitrogens with two attached hydrogens (primary N) is 1. The minimum Gasteiger partial charge on any atom is -0.480 e. The van der Waals surface area contributed by atoms with Gasteiger partial charge >= 0.3 is 5.97 Å². The first-order valence-electron chi connectivity index (χ1n) is 6.67. The van der Waals surface area contributed by atoms with Crippen LogP contribution in [0.2, 0.25) is 0 Å². The lowest BCUT2D eigenvalue weighted by molar-refractivity contribution is -0.143. The summed E-state index contributed by atoms with van der Waals surface area (Å²) in [7, 11) is 0. The van der Waals surface area contributed by atoms with Gasteiger partial charge in [-0.2, -0.15) is 0 Å². The molecule has 0 fully saturated rings. The number of carboxylic acid groups (broad SMARTS) is 1. The highest BCUT2D eigenvalue weighted by Gasteiger charge is 2.28. The number of carbonyl (C=O) groups is 3. The smallest absolute Gasteiger partial charge is 0.328 e. The van der Waals surface area contributed by atoms with E-state index in [1.54, 1.807) is 0 Å². The summed E-state index contributed by atoms with van der Waals surface area (Å²) in [4.78, 5) is 41.3. The molecular weight excluding hydrogens is 310 g/mol. The first-order valence-corrected chi connectivity index (χ1v) is 6.67. The van der Waals surface area contributed by atoms with Crippen molar-refractivity contribution < 1.29 is 29.7 Å². The Kier molecular flexibility index (Phi) is 7.12. The van der Waals surface area contributed by atoms with Crippen LogP contribution in [0.25, 0.3) is 0 Å². The number of hydrogen-bond donors (Lipinski definition) is 7. The van der Waals surface area contributed by atoms with Crippen LogP contribution in [0.15, 0.2) is 12.5 Å². The molecule has 0 aromatic carbocycles. The highest BCUT2D eigenvalue weighted by molar-refractivity contribution is 5.91. The van der Waals surface area contributed by atoms with E-state index in [2.05, 4.69) is 20.6 Å². The van der Waals surface area contributed by atoms with Gasteiger partial charge in [0.05, 0.1) is 19.5 Å². The Balaban J connectivity index is 2.82. The second kappa shape index (κ2) is 8.82. The number of H-pyrrole nitrogens is 1. The quantitative estimate of drug-likeness (QED) is 0.241. The molecule has 1 aromatic heterocycles. The van der Waals surface area contributed by atoms with E-state index in [0.29, 0.717) is 5.69 Å². The second-order valence-electron chi connectivity index (χ2n) is 4.71. The number of aromatic amines is 1. The Morgan fingerprint density at radius 1 is 1.17 bits per heavy atom. The van der Waals surface area contributed by atoms with E-state index in [9.17, 15) is 14.4 Å². The van der Waals surface area contributed by atoms with Gasteiger partial charge in [-0.3, -0.25) is 9.59 Å². The van der Waals surface area contributed by atoms with Gasteiger partial charge in [0.15, 0.2) is 0 Å². The van der Waals surface area contributed by atoms with Gasteiger partial charge < -0.3 is 36.7 Å². The van der Waals surface area contributed by atoms with Crippen molar-refractivity contribution in [2.24, 2.45) is 5.73 Å². The summed E-state index contributed by atoms with van der Waals surface area (Å²) in [5.41, 5.74) is 5.88. The molecule has 0 aliphatic carbocycles. The number of aromatic nitrogens is 2. The van der Waals surface area contributed by atoms with Crippen molar-refractivity contribution in [2.75, 3.05) is 13.2 Å². The largest absolute Gasteiger partial charge is 0.480 e.